The molecule has 0 aromatic heterocycles. The molecule has 0 unspecified atom stereocenters. The van der Waals surface area contributed by atoms with Crippen LogP contribution in [0.5, 0.6) is 11.5 Å². The average molecular weight is 350 g/mol. The molecule has 3 rings (SSSR count). The van der Waals surface area contributed by atoms with Gasteiger partial charge in [0.25, 0.3) is 0 Å². The van der Waals surface area contributed by atoms with Crippen molar-refractivity contribution in [2.24, 2.45) is 0 Å². The molecule has 26 heavy (non-hydrogen) atoms. The summed E-state index contributed by atoms with van der Waals surface area (Å²) in [6, 6.07) is 13.6. The highest BCUT2D eigenvalue weighted by Gasteiger charge is 2.15. The zero-order valence-electron chi connectivity index (χ0n) is 14.6. The number of halogens is 1. The lowest BCUT2D eigenvalue weighted by Crippen LogP contribution is -2.04. The number of hydrogen-bond donors (Lipinski definition) is 2. The van der Waals surface area contributed by atoms with E-state index in [1.165, 1.54) is 30.3 Å². The Balaban J connectivity index is 1.96. The highest BCUT2D eigenvalue weighted by Crippen LogP contribution is 2.27. The van der Waals surface area contributed by atoms with Crippen molar-refractivity contribution in [2.45, 2.75) is 20.3 Å². The topological polar surface area (TPSA) is 57.5 Å². The van der Waals surface area contributed by atoms with E-state index in [0.29, 0.717) is 12.0 Å². The van der Waals surface area contributed by atoms with Crippen LogP contribution in [-0.2, 0) is 6.42 Å². The van der Waals surface area contributed by atoms with Gasteiger partial charge in [0.1, 0.15) is 17.3 Å². The highest BCUT2D eigenvalue weighted by atomic mass is 19.1. The SMILES string of the molecule is Cc1cc(O)cc(C)c1Cc1ccc(O)c(C(=O)c2ccc(F)cc2)c1. The number of carbonyl (C=O) groups is 1. The van der Waals surface area contributed by atoms with Gasteiger partial charge in [-0.1, -0.05) is 6.07 Å². The summed E-state index contributed by atoms with van der Waals surface area (Å²) in [5, 5.41) is 19.8. The van der Waals surface area contributed by atoms with E-state index in [9.17, 15) is 19.4 Å². The number of aromatic hydroxyl groups is 2. The minimum absolute atomic E-state index is 0.109. The minimum atomic E-state index is -0.419. The van der Waals surface area contributed by atoms with Crippen molar-refractivity contribution in [3.05, 3.63) is 93.8 Å². The molecule has 0 aliphatic rings. The van der Waals surface area contributed by atoms with Crippen LogP contribution in [0.4, 0.5) is 4.39 Å². The van der Waals surface area contributed by atoms with Crippen LogP contribution in [0.2, 0.25) is 0 Å². The maximum atomic E-state index is 13.1. The molecule has 0 amide bonds. The van der Waals surface area contributed by atoms with E-state index in [-0.39, 0.29) is 22.8 Å². The molecule has 132 valence electrons. The van der Waals surface area contributed by atoms with Crippen LogP contribution in [0.25, 0.3) is 0 Å². The summed E-state index contributed by atoms with van der Waals surface area (Å²) in [7, 11) is 0. The van der Waals surface area contributed by atoms with E-state index >= 15 is 0 Å². The van der Waals surface area contributed by atoms with Crippen LogP contribution >= 0.6 is 0 Å². The van der Waals surface area contributed by atoms with Crippen molar-refractivity contribution >= 4 is 5.78 Å². The average Bonchev–Trinajstić information content (AvgIpc) is 2.59. The molecule has 0 fully saturated rings. The molecule has 3 aromatic carbocycles. The Labute approximate surface area is 151 Å². The summed E-state index contributed by atoms with van der Waals surface area (Å²) in [5.41, 5.74) is 4.35. The molecule has 0 bridgehead atoms. The summed E-state index contributed by atoms with van der Waals surface area (Å²) in [4.78, 5) is 12.6. The second kappa shape index (κ2) is 7.00. The predicted molar refractivity (Wildman–Crippen MR) is 98.3 cm³/mol. The first-order chi connectivity index (χ1) is 12.3. The zero-order chi connectivity index (χ0) is 18.8. The van der Waals surface area contributed by atoms with E-state index in [1.54, 1.807) is 24.3 Å². The molecule has 0 saturated carbocycles. The fourth-order valence-electron chi connectivity index (χ4n) is 3.09. The molecule has 0 aliphatic carbocycles. The first-order valence-electron chi connectivity index (χ1n) is 8.26. The zero-order valence-corrected chi connectivity index (χ0v) is 14.6. The normalized spacial score (nSPS) is 10.7. The molecule has 0 saturated heterocycles. The second-order valence-corrected chi connectivity index (χ2v) is 6.42. The van der Waals surface area contributed by atoms with Crippen molar-refractivity contribution in [2.75, 3.05) is 0 Å². The number of ketones is 1. The molecule has 2 N–H and O–H groups in total. The standard InChI is InChI=1S/C22H19FO3/c1-13-9-18(24)10-14(2)19(13)11-15-3-8-21(25)20(12-15)22(26)16-4-6-17(23)7-5-16/h3-10,12,24-25H,11H2,1-2H3. The van der Waals surface area contributed by atoms with E-state index in [4.69, 9.17) is 0 Å². The molecular formula is C22H19FO3. The molecular weight excluding hydrogens is 331 g/mol. The van der Waals surface area contributed by atoms with Crippen LogP contribution in [-0.4, -0.2) is 16.0 Å². The molecule has 0 atom stereocenters. The minimum Gasteiger partial charge on any atom is -0.508 e. The Kier molecular flexibility index (Phi) is 4.76. The van der Waals surface area contributed by atoms with Crippen molar-refractivity contribution in [3.8, 4) is 11.5 Å². The van der Waals surface area contributed by atoms with Crippen LogP contribution in [0.1, 0.15) is 38.2 Å². The first-order valence-corrected chi connectivity index (χ1v) is 8.26. The van der Waals surface area contributed by atoms with Gasteiger partial charge in [-0.3, -0.25) is 4.79 Å². The number of hydrogen-bond acceptors (Lipinski definition) is 3. The van der Waals surface area contributed by atoms with Gasteiger partial charge in [0.05, 0.1) is 5.56 Å². The number of benzene rings is 3. The van der Waals surface area contributed by atoms with E-state index in [2.05, 4.69) is 0 Å². The summed E-state index contributed by atoms with van der Waals surface area (Å²) in [6.45, 7) is 3.85. The largest absolute Gasteiger partial charge is 0.508 e. The maximum Gasteiger partial charge on any atom is 0.196 e. The maximum absolute atomic E-state index is 13.1. The lowest BCUT2D eigenvalue weighted by Gasteiger charge is -2.12. The van der Waals surface area contributed by atoms with Gasteiger partial charge >= 0.3 is 0 Å². The molecule has 0 radical (unpaired) electrons. The molecule has 4 heteroatoms. The third-order valence-electron chi connectivity index (χ3n) is 4.47. The van der Waals surface area contributed by atoms with Gasteiger partial charge in [0.2, 0.25) is 0 Å². The first kappa shape index (κ1) is 17.7. The predicted octanol–water partition coefficient (Wildman–Crippen LogP) is 4.68. The van der Waals surface area contributed by atoms with Crippen LogP contribution in [0.3, 0.4) is 0 Å². The Hall–Kier alpha value is -3.14. The summed E-state index contributed by atoms with van der Waals surface area (Å²) >= 11 is 0. The van der Waals surface area contributed by atoms with Crippen molar-refractivity contribution in [1.82, 2.24) is 0 Å². The van der Waals surface area contributed by atoms with Gasteiger partial charge in [0.15, 0.2) is 5.78 Å². The lowest BCUT2D eigenvalue weighted by molar-refractivity contribution is 0.103. The Bertz CT molecular complexity index is 952. The third kappa shape index (κ3) is 3.59. The van der Waals surface area contributed by atoms with Crippen molar-refractivity contribution in [1.29, 1.82) is 0 Å². The van der Waals surface area contributed by atoms with Crippen LogP contribution in [0, 0.1) is 19.7 Å². The van der Waals surface area contributed by atoms with Crippen molar-refractivity contribution in [3.63, 3.8) is 0 Å². The Morgan fingerprint density at radius 2 is 1.54 bits per heavy atom. The number of phenolic OH excluding ortho intramolecular Hbond substituents is 2. The second-order valence-electron chi connectivity index (χ2n) is 6.42. The van der Waals surface area contributed by atoms with Gasteiger partial charge in [-0.2, -0.15) is 0 Å². The molecule has 0 aliphatic heterocycles. The van der Waals surface area contributed by atoms with Gasteiger partial charge in [-0.15, -0.1) is 0 Å². The van der Waals surface area contributed by atoms with Crippen LogP contribution < -0.4 is 0 Å². The third-order valence-corrected chi connectivity index (χ3v) is 4.47. The van der Waals surface area contributed by atoms with Crippen molar-refractivity contribution < 1.29 is 19.4 Å². The number of aryl methyl sites for hydroxylation is 2. The summed E-state index contributed by atoms with van der Waals surface area (Å²) < 4.78 is 13.1. The Morgan fingerprint density at radius 1 is 0.923 bits per heavy atom. The monoisotopic (exact) mass is 350 g/mol. The van der Waals surface area contributed by atoms with E-state index in [1.807, 2.05) is 13.8 Å². The van der Waals surface area contributed by atoms with Gasteiger partial charge in [0, 0.05) is 5.56 Å². The fourth-order valence-corrected chi connectivity index (χ4v) is 3.09. The smallest absolute Gasteiger partial charge is 0.196 e. The van der Waals surface area contributed by atoms with E-state index < -0.39 is 5.82 Å². The summed E-state index contributed by atoms with van der Waals surface area (Å²) in [5.74, 6) is -0.662. The highest BCUT2D eigenvalue weighted by molar-refractivity contribution is 6.10. The molecule has 0 spiro atoms. The molecule has 3 aromatic rings. The van der Waals surface area contributed by atoms with Gasteiger partial charge in [-0.05, 0) is 91.1 Å². The van der Waals surface area contributed by atoms with E-state index in [0.717, 1.165) is 22.3 Å². The number of rotatable bonds is 4. The molecule has 3 nitrogen and oxygen atoms in total. The molecule has 0 heterocycles. The number of carbonyl (C=O) groups excluding carboxylic acids is 1. The van der Waals surface area contributed by atoms with Gasteiger partial charge < -0.3 is 10.2 Å². The number of phenols is 2. The fraction of sp³-hybridized carbons (Fsp3) is 0.136. The Morgan fingerprint density at radius 3 is 2.15 bits per heavy atom. The van der Waals surface area contributed by atoms with Crippen LogP contribution in [0.15, 0.2) is 54.6 Å². The van der Waals surface area contributed by atoms with Gasteiger partial charge in [-0.25, -0.2) is 4.39 Å². The lowest BCUT2D eigenvalue weighted by atomic mass is 9.93. The quantitative estimate of drug-likeness (QED) is 0.672. The summed E-state index contributed by atoms with van der Waals surface area (Å²) in [6.07, 6.45) is 0.571.